The lowest BCUT2D eigenvalue weighted by molar-refractivity contribution is -0.120. The van der Waals surface area contributed by atoms with Crippen molar-refractivity contribution in [1.29, 1.82) is 0 Å². The Morgan fingerprint density at radius 1 is 1.33 bits per heavy atom. The van der Waals surface area contributed by atoms with E-state index in [4.69, 9.17) is 9.26 Å². The van der Waals surface area contributed by atoms with Gasteiger partial charge >= 0.3 is 0 Å². The normalized spacial score (nSPS) is 25.4. The quantitative estimate of drug-likeness (QED) is 0.846. The van der Waals surface area contributed by atoms with Crippen molar-refractivity contribution in [3.8, 4) is 0 Å². The molecule has 1 unspecified atom stereocenters. The third-order valence-electron chi connectivity index (χ3n) is 4.33. The van der Waals surface area contributed by atoms with E-state index in [-0.39, 0.29) is 12.0 Å². The number of hydrogen-bond acceptors (Lipinski definition) is 6. The smallest absolute Gasteiger partial charge is 0.229 e. The first-order valence-corrected chi connectivity index (χ1v) is 7.95. The average molecular weight is 293 g/mol. The van der Waals surface area contributed by atoms with E-state index in [9.17, 15) is 4.79 Å². The van der Waals surface area contributed by atoms with Crippen molar-refractivity contribution >= 4 is 5.78 Å². The van der Waals surface area contributed by atoms with E-state index in [0.717, 1.165) is 38.9 Å². The van der Waals surface area contributed by atoms with Crippen LogP contribution in [0.5, 0.6) is 0 Å². The average Bonchev–Trinajstić information content (AvgIpc) is 2.98. The fourth-order valence-corrected chi connectivity index (χ4v) is 3.11. The third-order valence-corrected chi connectivity index (χ3v) is 4.33. The molecule has 0 spiro atoms. The lowest BCUT2D eigenvalue weighted by Crippen LogP contribution is -2.39. The summed E-state index contributed by atoms with van der Waals surface area (Å²) in [4.78, 5) is 18.2. The molecular weight excluding hydrogens is 270 g/mol. The van der Waals surface area contributed by atoms with Crippen LogP contribution in [0, 0.1) is 0 Å². The van der Waals surface area contributed by atoms with Gasteiger partial charge in [0.1, 0.15) is 11.9 Å². The molecule has 6 nitrogen and oxygen atoms in total. The molecule has 0 N–H and O–H groups in total. The molecular formula is C15H23N3O3. The van der Waals surface area contributed by atoms with E-state index >= 15 is 0 Å². The molecule has 116 valence electrons. The molecule has 0 bridgehead atoms. The van der Waals surface area contributed by atoms with Gasteiger partial charge in [0.05, 0.1) is 6.61 Å². The number of nitrogens with zero attached hydrogens (tertiary/aromatic N) is 3. The van der Waals surface area contributed by atoms with E-state index in [1.807, 2.05) is 0 Å². The topological polar surface area (TPSA) is 68.5 Å². The minimum absolute atomic E-state index is 0.0898. The zero-order valence-electron chi connectivity index (χ0n) is 12.6. The van der Waals surface area contributed by atoms with Gasteiger partial charge < -0.3 is 9.26 Å². The molecule has 1 atom stereocenters. The number of carbonyl (C=O) groups excluding carboxylic acids is 1. The SMILES string of the molecule is CCCN1CCOC(c2noc(C3CCC(=O)CC3)n2)C1. The Morgan fingerprint density at radius 2 is 2.14 bits per heavy atom. The highest BCUT2D eigenvalue weighted by atomic mass is 16.5. The summed E-state index contributed by atoms with van der Waals surface area (Å²) in [6.07, 6.45) is 3.97. The van der Waals surface area contributed by atoms with E-state index in [1.165, 1.54) is 0 Å². The molecule has 6 heteroatoms. The van der Waals surface area contributed by atoms with Gasteiger partial charge in [0.25, 0.3) is 0 Å². The molecule has 1 aliphatic carbocycles. The van der Waals surface area contributed by atoms with Gasteiger partial charge in [-0.05, 0) is 25.8 Å². The predicted octanol–water partition coefficient (Wildman–Crippen LogP) is 2.08. The fourth-order valence-electron chi connectivity index (χ4n) is 3.11. The monoisotopic (exact) mass is 293 g/mol. The van der Waals surface area contributed by atoms with Crippen LogP contribution in [0.4, 0.5) is 0 Å². The summed E-state index contributed by atoms with van der Waals surface area (Å²) >= 11 is 0. The number of morpholine rings is 1. The van der Waals surface area contributed by atoms with Crippen molar-refractivity contribution in [3.05, 3.63) is 11.7 Å². The summed E-state index contributed by atoms with van der Waals surface area (Å²) in [5.74, 6) is 1.91. The van der Waals surface area contributed by atoms with E-state index in [0.29, 0.717) is 36.9 Å². The highest BCUT2D eigenvalue weighted by molar-refractivity contribution is 5.79. The Morgan fingerprint density at radius 3 is 2.90 bits per heavy atom. The third kappa shape index (κ3) is 3.49. The van der Waals surface area contributed by atoms with Crippen LogP contribution in [0.25, 0.3) is 0 Å². The second kappa shape index (κ2) is 6.66. The number of ketones is 1. The van der Waals surface area contributed by atoms with E-state index in [2.05, 4.69) is 22.0 Å². The number of hydrogen-bond donors (Lipinski definition) is 0. The lowest BCUT2D eigenvalue weighted by Gasteiger charge is -2.30. The van der Waals surface area contributed by atoms with Crippen molar-refractivity contribution in [2.45, 2.75) is 51.0 Å². The zero-order chi connectivity index (χ0) is 14.7. The maximum atomic E-state index is 11.3. The zero-order valence-corrected chi connectivity index (χ0v) is 12.6. The number of ether oxygens (including phenoxy) is 1. The fraction of sp³-hybridized carbons (Fsp3) is 0.800. The van der Waals surface area contributed by atoms with E-state index < -0.39 is 0 Å². The van der Waals surface area contributed by atoms with Crippen molar-refractivity contribution in [3.63, 3.8) is 0 Å². The van der Waals surface area contributed by atoms with Gasteiger partial charge in [0, 0.05) is 31.8 Å². The van der Waals surface area contributed by atoms with Crippen molar-refractivity contribution in [2.24, 2.45) is 0 Å². The molecule has 2 fully saturated rings. The Bertz CT molecular complexity index is 476. The molecule has 2 aliphatic rings. The largest absolute Gasteiger partial charge is 0.367 e. The van der Waals surface area contributed by atoms with Gasteiger partial charge in [-0.25, -0.2) is 0 Å². The molecule has 0 radical (unpaired) electrons. The van der Waals surface area contributed by atoms with Crippen LogP contribution in [0.2, 0.25) is 0 Å². The molecule has 21 heavy (non-hydrogen) atoms. The molecule has 1 aliphatic heterocycles. The Kier molecular flexibility index (Phi) is 4.65. The predicted molar refractivity (Wildman–Crippen MR) is 75.9 cm³/mol. The molecule has 2 heterocycles. The summed E-state index contributed by atoms with van der Waals surface area (Å²) in [6, 6.07) is 0. The Hall–Kier alpha value is -1.27. The molecule has 1 aromatic heterocycles. The first-order valence-electron chi connectivity index (χ1n) is 7.95. The lowest BCUT2D eigenvalue weighted by atomic mass is 9.88. The summed E-state index contributed by atoms with van der Waals surface area (Å²) in [5.41, 5.74) is 0. The minimum atomic E-state index is -0.0898. The molecule has 1 saturated carbocycles. The van der Waals surface area contributed by atoms with Gasteiger partial charge in [0.15, 0.2) is 0 Å². The maximum absolute atomic E-state index is 11.3. The summed E-state index contributed by atoms with van der Waals surface area (Å²) in [7, 11) is 0. The highest BCUT2D eigenvalue weighted by Crippen LogP contribution is 2.31. The number of aromatic nitrogens is 2. The first-order chi connectivity index (χ1) is 10.3. The van der Waals surface area contributed by atoms with Gasteiger partial charge in [0.2, 0.25) is 11.7 Å². The number of carbonyl (C=O) groups is 1. The van der Waals surface area contributed by atoms with Crippen molar-refractivity contribution in [2.75, 3.05) is 26.2 Å². The van der Waals surface area contributed by atoms with Gasteiger partial charge in [-0.3, -0.25) is 9.69 Å². The molecule has 1 saturated heterocycles. The van der Waals surface area contributed by atoms with Gasteiger partial charge in [-0.1, -0.05) is 12.1 Å². The maximum Gasteiger partial charge on any atom is 0.229 e. The van der Waals surface area contributed by atoms with Crippen LogP contribution < -0.4 is 0 Å². The Balaban J connectivity index is 1.63. The van der Waals surface area contributed by atoms with E-state index in [1.54, 1.807) is 0 Å². The second-order valence-electron chi connectivity index (χ2n) is 5.96. The van der Waals surface area contributed by atoms with Crippen LogP contribution >= 0.6 is 0 Å². The molecule has 0 amide bonds. The summed E-state index contributed by atoms with van der Waals surface area (Å²) < 4.78 is 11.2. The van der Waals surface area contributed by atoms with Crippen LogP contribution in [0.15, 0.2) is 4.52 Å². The number of rotatable bonds is 4. The molecule has 3 rings (SSSR count). The van der Waals surface area contributed by atoms with Crippen LogP contribution in [-0.2, 0) is 9.53 Å². The molecule has 0 aromatic carbocycles. The van der Waals surface area contributed by atoms with Gasteiger partial charge in [-0.15, -0.1) is 0 Å². The van der Waals surface area contributed by atoms with Crippen molar-refractivity contribution < 1.29 is 14.1 Å². The minimum Gasteiger partial charge on any atom is -0.367 e. The summed E-state index contributed by atoms with van der Waals surface area (Å²) in [5, 5.41) is 4.11. The van der Waals surface area contributed by atoms with Crippen LogP contribution in [-0.4, -0.2) is 47.1 Å². The van der Waals surface area contributed by atoms with Gasteiger partial charge in [-0.2, -0.15) is 4.98 Å². The first kappa shape index (κ1) is 14.7. The second-order valence-corrected chi connectivity index (χ2v) is 5.96. The van der Waals surface area contributed by atoms with Crippen LogP contribution in [0.1, 0.15) is 62.8 Å². The molecule has 1 aromatic rings. The summed E-state index contributed by atoms with van der Waals surface area (Å²) in [6.45, 7) is 5.78. The number of Topliss-reactive ketones (excluding diaryl/α,β-unsaturated/α-hetero) is 1. The standard InChI is InChI=1S/C15H23N3O3/c1-2-7-18-8-9-20-13(10-18)14-16-15(21-17-14)11-3-5-12(19)6-4-11/h11,13H,2-10H2,1H3. The van der Waals surface area contributed by atoms with Crippen molar-refractivity contribution in [1.82, 2.24) is 15.0 Å². The Labute approximate surface area is 124 Å². The van der Waals surface area contributed by atoms with Crippen LogP contribution in [0.3, 0.4) is 0 Å². The highest BCUT2D eigenvalue weighted by Gasteiger charge is 2.29.